The molecule has 3 rings (SSSR count). The van der Waals surface area contributed by atoms with Gasteiger partial charge in [0.1, 0.15) is 5.75 Å². The minimum absolute atomic E-state index is 0.464. The highest BCUT2D eigenvalue weighted by Gasteiger charge is 2.19. The van der Waals surface area contributed by atoms with Crippen LogP contribution in [0.2, 0.25) is 0 Å². The molecule has 1 aromatic carbocycles. The number of hydrogen-bond donors (Lipinski definition) is 1. The summed E-state index contributed by atoms with van der Waals surface area (Å²) in [6.07, 6.45) is 3.19. The number of rotatable bonds is 4. The van der Waals surface area contributed by atoms with Crippen molar-refractivity contribution >= 4 is 0 Å². The van der Waals surface area contributed by atoms with Crippen molar-refractivity contribution in [1.82, 2.24) is 15.5 Å². The number of ether oxygens (including phenoxy) is 1. The molecule has 100 valence electrons. The summed E-state index contributed by atoms with van der Waals surface area (Å²) in [6.45, 7) is 1.08. The number of nitrogens with zero attached hydrogens (tertiary/aromatic N) is 2. The van der Waals surface area contributed by atoms with Crippen LogP contribution in [0, 0.1) is 0 Å². The van der Waals surface area contributed by atoms with Crippen molar-refractivity contribution in [1.29, 1.82) is 0 Å². The summed E-state index contributed by atoms with van der Waals surface area (Å²) in [5, 5.41) is 7.47. The highest BCUT2D eigenvalue weighted by molar-refractivity contribution is 5.63. The molecule has 1 fully saturated rings. The molecule has 1 unspecified atom stereocenters. The van der Waals surface area contributed by atoms with Gasteiger partial charge < -0.3 is 14.6 Å². The molecule has 0 radical (unpaired) electrons. The maximum absolute atomic E-state index is 5.32. The van der Waals surface area contributed by atoms with Crippen LogP contribution in [-0.4, -0.2) is 29.8 Å². The lowest BCUT2D eigenvalue weighted by molar-refractivity contribution is 0.364. The second kappa shape index (κ2) is 5.40. The predicted octanol–water partition coefficient (Wildman–Crippen LogP) is 2.04. The van der Waals surface area contributed by atoms with E-state index in [-0.39, 0.29) is 0 Å². The summed E-state index contributed by atoms with van der Waals surface area (Å²) in [4.78, 5) is 4.45. The number of aromatic nitrogens is 2. The van der Waals surface area contributed by atoms with Gasteiger partial charge in [-0.05, 0) is 31.5 Å². The topological polar surface area (TPSA) is 60.2 Å². The fraction of sp³-hybridized carbons (Fsp3) is 0.429. The summed E-state index contributed by atoms with van der Waals surface area (Å²) < 4.78 is 10.6. The molecule has 1 aliphatic heterocycles. The summed E-state index contributed by atoms with van der Waals surface area (Å²) in [6, 6.07) is 8.15. The van der Waals surface area contributed by atoms with Crippen LogP contribution in [-0.2, 0) is 6.42 Å². The Balaban J connectivity index is 1.80. The van der Waals surface area contributed by atoms with Gasteiger partial charge in [0.15, 0.2) is 0 Å². The highest BCUT2D eigenvalue weighted by Crippen LogP contribution is 2.27. The van der Waals surface area contributed by atoms with E-state index in [1.54, 1.807) is 7.11 Å². The van der Waals surface area contributed by atoms with E-state index < -0.39 is 0 Å². The standard InChI is InChI=1S/C14H17N3O2/c1-18-12-7-3-2-6-11(12)14-16-13(19-17-14)9-10-5-4-8-15-10/h2-3,6-7,10,15H,4-5,8-9H2,1H3. The number of hydrogen-bond acceptors (Lipinski definition) is 5. The first kappa shape index (κ1) is 12.2. The van der Waals surface area contributed by atoms with E-state index in [1.165, 1.54) is 12.8 Å². The monoisotopic (exact) mass is 259 g/mol. The molecule has 5 nitrogen and oxygen atoms in total. The largest absolute Gasteiger partial charge is 0.496 e. The second-order valence-electron chi connectivity index (χ2n) is 4.71. The molecule has 0 amide bonds. The average Bonchev–Trinajstić information content (AvgIpc) is 3.11. The van der Waals surface area contributed by atoms with Crippen molar-refractivity contribution in [2.75, 3.05) is 13.7 Å². The van der Waals surface area contributed by atoms with E-state index in [0.29, 0.717) is 17.8 Å². The quantitative estimate of drug-likeness (QED) is 0.910. The van der Waals surface area contributed by atoms with Crippen LogP contribution in [0.1, 0.15) is 18.7 Å². The molecule has 1 saturated heterocycles. The zero-order chi connectivity index (χ0) is 13.1. The van der Waals surface area contributed by atoms with Gasteiger partial charge >= 0.3 is 0 Å². The molecule has 0 saturated carbocycles. The van der Waals surface area contributed by atoms with Crippen molar-refractivity contribution in [3.05, 3.63) is 30.2 Å². The van der Waals surface area contributed by atoms with E-state index >= 15 is 0 Å². The minimum atomic E-state index is 0.464. The molecule has 2 heterocycles. The average molecular weight is 259 g/mol. The van der Waals surface area contributed by atoms with E-state index in [2.05, 4.69) is 15.5 Å². The molecule has 1 aromatic heterocycles. The fourth-order valence-corrected chi connectivity index (χ4v) is 2.42. The fourth-order valence-electron chi connectivity index (χ4n) is 2.42. The van der Waals surface area contributed by atoms with E-state index in [4.69, 9.17) is 9.26 Å². The maximum Gasteiger partial charge on any atom is 0.228 e. The Labute approximate surface area is 112 Å². The molecule has 0 bridgehead atoms. The third kappa shape index (κ3) is 2.61. The zero-order valence-electron chi connectivity index (χ0n) is 10.9. The minimum Gasteiger partial charge on any atom is -0.496 e. The van der Waals surface area contributed by atoms with Crippen LogP contribution in [0.4, 0.5) is 0 Å². The first-order chi connectivity index (χ1) is 9.36. The zero-order valence-corrected chi connectivity index (χ0v) is 10.9. The molecule has 1 aliphatic rings. The summed E-state index contributed by atoms with van der Waals surface area (Å²) in [7, 11) is 1.64. The third-order valence-corrected chi connectivity index (χ3v) is 3.40. The molecule has 2 aromatic rings. The molecule has 0 spiro atoms. The van der Waals surface area contributed by atoms with Crippen LogP contribution in [0.15, 0.2) is 28.8 Å². The Kier molecular flexibility index (Phi) is 3.46. The summed E-state index contributed by atoms with van der Waals surface area (Å²) in [5.41, 5.74) is 0.861. The van der Waals surface area contributed by atoms with Gasteiger partial charge in [0.25, 0.3) is 0 Å². The van der Waals surface area contributed by atoms with Crippen LogP contribution >= 0.6 is 0 Å². The lowest BCUT2D eigenvalue weighted by atomic mass is 10.1. The summed E-state index contributed by atoms with van der Waals surface area (Å²) in [5.74, 6) is 2.03. The smallest absolute Gasteiger partial charge is 0.228 e. The lowest BCUT2D eigenvalue weighted by Crippen LogP contribution is -2.23. The normalized spacial score (nSPS) is 18.7. The van der Waals surface area contributed by atoms with Gasteiger partial charge in [-0.2, -0.15) is 4.98 Å². The maximum atomic E-state index is 5.32. The Bertz CT molecular complexity index is 547. The van der Waals surface area contributed by atoms with Gasteiger partial charge in [-0.3, -0.25) is 0 Å². The van der Waals surface area contributed by atoms with Crippen LogP contribution in [0.5, 0.6) is 5.75 Å². The highest BCUT2D eigenvalue weighted by atomic mass is 16.5. The Morgan fingerprint density at radius 2 is 2.32 bits per heavy atom. The van der Waals surface area contributed by atoms with Crippen LogP contribution in [0.3, 0.4) is 0 Å². The van der Waals surface area contributed by atoms with Gasteiger partial charge in [-0.25, -0.2) is 0 Å². The van der Waals surface area contributed by atoms with Gasteiger partial charge in [-0.1, -0.05) is 17.3 Å². The number of benzene rings is 1. The van der Waals surface area contributed by atoms with Crippen molar-refractivity contribution in [3.63, 3.8) is 0 Å². The third-order valence-electron chi connectivity index (χ3n) is 3.40. The Morgan fingerprint density at radius 1 is 1.42 bits per heavy atom. The van der Waals surface area contributed by atoms with E-state index in [0.717, 1.165) is 24.3 Å². The SMILES string of the molecule is COc1ccccc1-c1noc(CC2CCCN2)n1. The molecule has 1 atom stereocenters. The predicted molar refractivity (Wildman–Crippen MR) is 71.0 cm³/mol. The van der Waals surface area contributed by atoms with Gasteiger partial charge in [0.2, 0.25) is 11.7 Å². The van der Waals surface area contributed by atoms with Gasteiger partial charge in [-0.15, -0.1) is 0 Å². The number of nitrogens with one attached hydrogen (secondary N) is 1. The number of para-hydroxylation sites is 1. The van der Waals surface area contributed by atoms with E-state index in [1.807, 2.05) is 24.3 Å². The molecule has 1 N–H and O–H groups in total. The van der Waals surface area contributed by atoms with E-state index in [9.17, 15) is 0 Å². The van der Waals surface area contributed by atoms with Gasteiger partial charge in [0.05, 0.1) is 12.7 Å². The number of methoxy groups -OCH3 is 1. The van der Waals surface area contributed by atoms with Crippen molar-refractivity contribution in [2.24, 2.45) is 0 Å². The van der Waals surface area contributed by atoms with Crippen LogP contribution < -0.4 is 10.1 Å². The van der Waals surface area contributed by atoms with Crippen LogP contribution in [0.25, 0.3) is 11.4 Å². The summed E-state index contributed by atoms with van der Waals surface area (Å²) >= 11 is 0. The molecule has 5 heteroatoms. The van der Waals surface area contributed by atoms with Crippen molar-refractivity contribution in [2.45, 2.75) is 25.3 Å². The Morgan fingerprint density at radius 3 is 3.11 bits per heavy atom. The van der Waals surface area contributed by atoms with Crippen molar-refractivity contribution < 1.29 is 9.26 Å². The van der Waals surface area contributed by atoms with Crippen molar-refractivity contribution in [3.8, 4) is 17.1 Å². The molecule has 19 heavy (non-hydrogen) atoms. The Hall–Kier alpha value is -1.88. The molecular formula is C14H17N3O2. The molecular weight excluding hydrogens is 242 g/mol. The first-order valence-corrected chi connectivity index (χ1v) is 6.56. The lowest BCUT2D eigenvalue weighted by Gasteiger charge is -2.05. The first-order valence-electron chi connectivity index (χ1n) is 6.56. The van der Waals surface area contributed by atoms with Gasteiger partial charge in [0, 0.05) is 12.5 Å². The molecule has 0 aliphatic carbocycles. The second-order valence-corrected chi connectivity index (χ2v) is 4.71.